The van der Waals surface area contributed by atoms with Crippen LogP contribution in [0.3, 0.4) is 0 Å². The molecule has 0 saturated carbocycles. The minimum Gasteiger partial charge on any atom is -0.373 e. The number of hydrogen-bond donors (Lipinski definition) is 1. The second-order valence-corrected chi connectivity index (χ2v) is 6.93. The molecule has 1 heterocycles. The zero-order chi connectivity index (χ0) is 19.1. The van der Waals surface area contributed by atoms with Crippen LogP contribution in [0.5, 0.6) is 0 Å². The first-order valence-electron chi connectivity index (χ1n) is 9.58. The smallest absolute Gasteiger partial charge is 0.193 e. The van der Waals surface area contributed by atoms with E-state index in [1.165, 1.54) is 17.7 Å². The molecule has 0 bridgehead atoms. The topological polar surface area (TPSA) is 36.9 Å². The molecule has 2 atom stereocenters. The SMILES string of the molecule is CCNC(=NCC1CCOC1c1ccccc1)N(C)Cc1ccc(F)cc1. The van der Waals surface area contributed by atoms with Gasteiger partial charge in [-0.2, -0.15) is 0 Å². The molecule has 2 aromatic carbocycles. The van der Waals surface area contributed by atoms with Gasteiger partial charge in [0.15, 0.2) is 5.96 Å². The van der Waals surface area contributed by atoms with Crippen LogP contribution in [-0.4, -0.2) is 37.6 Å². The summed E-state index contributed by atoms with van der Waals surface area (Å²) in [6, 6.07) is 17.0. The Morgan fingerprint density at radius 2 is 1.93 bits per heavy atom. The predicted octanol–water partition coefficient (Wildman–Crippen LogP) is 4.00. The van der Waals surface area contributed by atoms with Crippen molar-refractivity contribution in [3.63, 3.8) is 0 Å². The summed E-state index contributed by atoms with van der Waals surface area (Å²) in [4.78, 5) is 6.94. The average molecular weight is 369 g/mol. The van der Waals surface area contributed by atoms with Crippen molar-refractivity contribution >= 4 is 5.96 Å². The van der Waals surface area contributed by atoms with E-state index in [0.717, 1.165) is 37.6 Å². The average Bonchev–Trinajstić information content (AvgIpc) is 3.16. The van der Waals surface area contributed by atoms with Gasteiger partial charge in [-0.1, -0.05) is 42.5 Å². The highest BCUT2D eigenvalue weighted by molar-refractivity contribution is 5.79. The zero-order valence-electron chi connectivity index (χ0n) is 16.1. The lowest BCUT2D eigenvalue weighted by Crippen LogP contribution is -2.39. The molecule has 0 spiro atoms. The predicted molar refractivity (Wildman–Crippen MR) is 107 cm³/mol. The van der Waals surface area contributed by atoms with E-state index >= 15 is 0 Å². The van der Waals surface area contributed by atoms with Gasteiger partial charge in [-0.3, -0.25) is 4.99 Å². The number of rotatable bonds is 6. The molecule has 27 heavy (non-hydrogen) atoms. The van der Waals surface area contributed by atoms with Crippen molar-refractivity contribution in [2.24, 2.45) is 10.9 Å². The third-order valence-electron chi connectivity index (χ3n) is 4.85. The molecule has 0 aliphatic carbocycles. The van der Waals surface area contributed by atoms with E-state index in [1.54, 1.807) is 0 Å². The van der Waals surface area contributed by atoms with Gasteiger partial charge in [0.2, 0.25) is 0 Å². The van der Waals surface area contributed by atoms with Crippen LogP contribution >= 0.6 is 0 Å². The van der Waals surface area contributed by atoms with Crippen LogP contribution in [0.1, 0.15) is 30.6 Å². The Labute approximate surface area is 161 Å². The molecule has 0 aromatic heterocycles. The van der Waals surface area contributed by atoms with Gasteiger partial charge in [0.25, 0.3) is 0 Å². The molecule has 0 radical (unpaired) electrons. The lowest BCUT2D eigenvalue weighted by Gasteiger charge is -2.23. The summed E-state index contributed by atoms with van der Waals surface area (Å²) in [6.07, 6.45) is 1.13. The van der Waals surface area contributed by atoms with E-state index in [-0.39, 0.29) is 11.9 Å². The van der Waals surface area contributed by atoms with E-state index < -0.39 is 0 Å². The van der Waals surface area contributed by atoms with Crippen LogP contribution < -0.4 is 5.32 Å². The Morgan fingerprint density at radius 1 is 1.19 bits per heavy atom. The fourth-order valence-electron chi connectivity index (χ4n) is 3.44. The maximum absolute atomic E-state index is 13.1. The molecule has 1 aliphatic heterocycles. The summed E-state index contributed by atoms with van der Waals surface area (Å²) >= 11 is 0. The second kappa shape index (κ2) is 9.51. The molecular formula is C22H28FN3O. The maximum Gasteiger partial charge on any atom is 0.193 e. The Balaban J connectivity index is 1.66. The van der Waals surface area contributed by atoms with Crippen molar-refractivity contribution in [3.8, 4) is 0 Å². The van der Waals surface area contributed by atoms with Crippen molar-refractivity contribution in [2.45, 2.75) is 26.0 Å². The summed E-state index contributed by atoms with van der Waals surface area (Å²) < 4.78 is 19.1. The van der Waals surface area contributed by atoms with Crippen molar-refractivity contribution in [2.75, 3.05) is 26.7 Å². The van der Waals surface area contributed by atoms with Crippen LogP contribution in [0.15, 0.2) is 59.6 Å². The Kier molecular flexibility index (Phi) is 6.82. The first-order chi connectivity index (χ1) is 13.2. The second-order valence-electron chi connectivity index (χ2n) is 6.93. The third kappa shape index (κ3) is 5.30. The standard InChI is InChI=1S/C22H28FN3O/c1-3-24-22(26(2)16-17-9-11-20(23)12-10-17)25-15-19-13-14-27-21(19)18-7-5-4-6-8-18/h4-12,19,21H,3,13-16H2,1-2H3,(H,24,25). The minimum atomic E-state index is -0.213. The minimum absolute atomic E-state index is 0.111. The van der Waals surface area contributed by atoms with Crippen molar-refractivity contribution in [1.82, 2.24) is 10.2 Å². The third-order valence-corrected chi connectivity index (χ3v) is 4.85. The number of ether oxygens (including phenoxy) is 1. The van der Waals surface area contributed by atoms with Crippen LogP contribution in [-0.2, 0) is 11.3 Å². The monoisotopic (exact) mass is 369 g/mol. The van der Waals surface area contributed by atoms with Crippen LogP contribution in [0, 0.1) is 11.7 Å². The van der Waals surface area contributed by atoms with Gasteiger partial charge in [-0.05, 0) is 36.6 Å². The molecule has 2 unspecified atom stereocenters. The molecular weight excluding hydrogens is 341 g/mol. The van der Waals surface area contributed by atoms with E-state index in [9.17, 15) is 4.39 Å². The Morgan fingerprint density at radius 3 is 2.63 bits per heavy atom. The summed E-state index contributed by atoms with van der Waals surface area (Å²) in [7, 11) is 2.00. The molecule has 1 aliphatic rings. The normalized spacial score (nSPS) is 19.9. The van der Waals surface area contributed by atoms with E-state index in [0.29, 0.717) is 12.5 Å². The molecule has 1 saturated heterocycles. The Hall–Kier alpha value is -2.40. The molecule has 1 fully saturated rings. The largest absolute Gasteiger partial charge is 0.373 e. The number of nitrogens with one attached hydrogen (secondary N) is 1. The number of benzene rings is 2. The number of hydrogen-bond acceptors (Lipinski definition) is 2. The maximum atomic E-state index is 13.1. The van der Waals surface area contributed by atoms with Gasteiger partial charge in [0, 0.05) is 39.2 Å². The number of aliphatic imine (C=N–C) groups is 1. The van der Waals surface area contributed by atoms with Gasteiger partial charge in [0.1, 0.15) is 5.82 Å². The molecule has 144 valence electrons. The van der Waals surface area contributed by atoms with Crippen molar-refractivity contribution in [3.05, 3.63) is 71.5 Å². The van der Waals surface area contributed by atoms with Gasteiger partial charge >= 0.3 is 0 Å². The summed E-state index contributed by atoms with van der Waals surface area (Å²) in [6.45, 7) is 5.04. The zero-order valence-corrected chi connectivity index (χ0v) is 16.1. The lowest BCUT2D eigenvalue weighted by molar-refractivity contribution is 0.0925. The highest BCUT2D eigenvalue weighted by Gasteiger charge is 2.29. The molecule has 2 aromatic rings. The van der Waals surface area contributed by atoms with Crippen LogP contribution in [0.2, 0.25) is 0 Å². The summed E-state index contributed by atoms with van der Waals surface area (Å²) in [5.74, 6) is 1.02. The van der Waals surface area contributed by atoms with Gasteiger partial charge < -0.3 is 15.0 Å². The van der Waals surface area contributed by atoms with Crippen LogP contribution in [0.25, 0.3) is 0 Å². The summed E-state index contributed by atoms with van der Waals surface area (Å²) in [5, 5.41) is 3.35. The number of guanidine groups is 1. The highest BCUT2D eigenvalue weighted by atomic mass is 19.1. The fourth-order valence-corrected chi connectivity index (χ4v) is 3.44. The first kappa shape index (κ1) is 19.4. The fraction of sp³-hybridized carbons (Fsp3) is 0.409. The molecule has 0 amide bonds. The quantitative estimate of drug-likeness (QED) is 0.618. The number of nitrogens with zero attached hydrogens (tertiary/aromatic N) is 2. The molecule has 4 nitrogen and oxygen atoms in total. The molecule has 1 N–H and O–H groups in total. The highest BCUT2D eigenvalue weighted by Crippen LogP contribution is 2.34. The van der Waals surface area contributed by atoms with E-state index in [2.05, 4.69) is 41.4 Å². The van der Waals surface area contributed by atoms with E-state index in [4.69, 9.17) is 9.73 Å². The van der Waals surface area contributed by atoms with Gasteiger partial charge in [-0.15, -0.1) is 0 Å². The first-order valence-corrected chi connectivity index (χ1v) is 9.58. The summed E-state index contributed by atoms with van der Waals surface area (Å²) in [5.41, 5.74) is 2.27. The van der Waals surface area contributed by atoms with E-state index in [1.807, 2.05) is 25.2 Å². The number of halogens is 1. The van der Waals surface area contributed by atoms with Crippen molar-refractivity contribution < 1.29 is 9.13 Å². The van der Waals surface area contributed by atoms with Crippen molar-refractivity contribution in [1.29, 1.82) is 0 Å². The molecule has 5 heteroatoms. The molecule has 3 rings (SSSR count). The lowest BCUT2D eigenvalue weighted by atomic mass is 9.95. The van der Waals surface area contributed by atoms with Gasteiger partial charge in [0.05, 0.1) is 6.10 Å². The van der Waals surface area contributed by atoms with Gasteiger partial charge in [-0.25, -0.2) is 4.39 Å². The van der Waals surface area contributed by atoms with Crippen LogP contribution in [0.4, 0.5) is 4.39 Å². The Bertz CT molecular complexity index is 733.